The van der Waals surface area contributed by atoms with Crippen molar-refractivity contribution < 1.29 is 4.74 Å². The summed E-state index contributed by atoms with van der Waals surface area (Å²) in [6, 6.07) is 12.8. The van der Waals surface area contributed by atoms with E-state index in [1.54, 1.807) is 11.3 Å². The van der Waals surface area contributed by atoms with Crippen LogP contribution in [0.1, 0.15) is 30.3 Å². The fourth-order valence-electron chi connectivity index (χ4n) is 1.94. The van der Waals surface area contributed by atoms with Crippen molar-refractivity contribution >= 4 is 11.3 Å². The quantitative estimate of drug-likeness (QED) is 0.883. The highest BCUT2D eigenvalue weighted by Gasteiger charge is 2.12. The second-order valence-electron chi connectivity index (χ2n) is 4.47. The minimum atomic E-state index is 0.216. The molecule has 0 fully saturated rings. The van der Waals surface area contributed by atoms with Gasteiger partial charge in [0.05, 0.1) is 12.1 Å². The van der Waals surface area contributed by atoms with E-state index < -0.39 is 0 Å². The maximum Gasteiger partial charge on any atom is 0.119 e. The Balaban J connectivity index is 2.17. The van der Waals surface area contributed by atoms with Gasteiger partial charge in [-0.2, -0.15) is 0 Å². The minimum absolute atomic E-state index is 0.216. The van der Waals surface area contributed by atoms with Gasteiger partial charge in [0, 0.05) is 4.88 Å². The van der Waals surface area contributed by atoms with Gasteiger partial charge >= 0.3 is 0 Å². The summed E-state index contributed by atoms with van der Waals surface area (Å²) in [5.74, 6) is 0.926. The summed E-state index contributed by atoms with van der Waals surface area (Å²) in [6.07, 6.45) is 0.216. The lowest BCUT2D eigenvalue weighted by atomic mass is 10.1. The maximum atomic E-state index is 5.66. The number of nitrogens with one attached hydrogen (secondary N) is 1. The maximum absolute atomic E-state index is 5.66. The van der Waals surface area contributed by atoms with E-state index in [-0.39, 0.29) is 12.1 Å². The predicted octanol–water partition coefficient (Wildman–Crippen LogP) is 3.84. The molecule has 18 heavy (non-hydrogen) atoms. The Labute approximate surface area is 113 Å². The lowest BCUT2D eigenvalue weighted by molar-refractivity contribution is 0.242. The molecule has 0 bridgehead atoms. The summed E-state index contributed by atoms with van der Waals surface area (Å²) in [6.45, 7) is 4.08. The Hall–Kier alpha value is -1.32. The highest BCUT2D eigenvalue weighted by molar-refractivity contribution is 7.10. The molecule has 1 unspecified atom stereocenters. The molecule has 1 aromatic carbocycles. The van der Waals surface area contributed by atoms with Crippen molar-refractivity contribution in [3.63, 3.8) is 0 Å². The summed E-state index contributed by atoms with van der Waals surface area (Å²) in [7, 11) is 1.99. The molecular weight excluding hydrogens is 242 g/mol. The third kappa shape index (κ3) is 3.12. The van der Waals surface area contributed by atoms with E-state index in [1.807, 2.05) is 33.0 Å². The molecule has 0 radical (unpaired) electrons. The van der Waals surface area contributed by atoms with E-state index in [0.717, 1.165) is 5.75 Å². The average molecular weight is 261 g/mol. The topological polar surface area (TPSA) is 21.3 Å². The molecule has 2 aromatic rings. The number of ether oxygens (including phenoxy) is 1. The molecule has 2 rings (SSSR count). The van der Waals surface area contributed by atoms with Gasteiger partial charge in [0.2, 0.25) is 0 Å². The standard InChI is InChI=1S/C15H19NOS/c1-11(2)17-13-8-6-12(7-9-13)15(16-3)14-5-4-10-18-14/h4-11,15-16H,1-3H3. The molecule has 3 heteroatoms. The first-order valence-electron chi connectivity index (χ1n) is 6.18. The molecule has 96 valence electrons. The third-order valence-electron chi connectivity index (χ3n) is 2.70. The van der Waals surface area contributed by atoms with Crippen LogP contribution in [0.4, 0.5) is 0 Å². The Morgan fingerprint density at radius 1 is 1.11 bits per heavy atom. The molecule has 0 spiro atoms. The van der Waals surface area contributed by atoms with Gasteiger partial charge in [0.1, 0.15) is 5.75 Å². The summed E-state index contributed by atoms with van der Waals surface area (Å²) >= 11 is 1.77. The molecule has 0 saturated carbocycles. The summed E-state index contributed by atoms with van der Waals surface area (Å²) < 4.78 is 5.66. The lowest BCUT2D eigenvalue weighted by Crippen LogP contribution is -2.16. The second kappa shape index (κ2) is 6.03. The van der Waals surface area contributed by atoms with E-state index in [4.69, 9.17) is 4.74 Å². The zero-order chi connectivity index (χ0) is 13.0. The van der Waals surface area contributed by atoms with Crippen molar-refractivity contribution in [1.82, 2.24) is 5.32 Å². The van der Waals surface area contributed by atoms with Crippen molar-refractivity contribution in [2.24, 2.45) is 0 Å². The van der Waals surface area contributed by atoms with Gasteiger partial charge in [-0.05, 0) is 50.0 Å². The molecule has 0 aliphatic carbocycles. The molecule has 1 N–H and O–H groups in total. The molecule has 0 aliphatic heterocycles. The van der Waals surface area contributed by atoms with E-state index in [0.29, 0.717) is 0 Å². The fraction of sp³-hybridized carbons (Fsp3) is 0.333. The van der Waals surface area contributed by atoms with Gasteiger partial charge < -0.3 is 10.1 Å². The number of thiophene rings is 1. The first kappa shape index (κ1) is 13.1. The molecule has 0 amide bonds. The fourth-order valence-corrected chi connectivity index (χ4v) is 2.80. The summed E-state index contributed by atoms with van der Waals surface area (Å²) in [4.78, 5) is 1.33. The van der Waals surface area contributed by atoms with Crippen LogP contribution >= 0.6 is 11.3 Å². The molecule has 1 atom stereocenters. The zero-order valence-corrected chi connectivity index (χ0v) is 11.8. The number of hydrogen-bond acceptors (Lipinski definition) is 3. The van der Waals surface area contributed by atoms with Crippen LogP contribution in [0.3, 0.4) is 0 Å². The van der Waals surface area contributed by atoms with Crippen LogP contribution in [0, 0.1) is 0 Å². The Morgan fingerprint density at radius 3 is 2.33 bits per heavy atom. The predicted molar refractivity (Wildman–Crippen MR) is 77.4 cm³/mol. The van der Waals surface area contributed by atoms with E-state index in [9.17, 15) is 0 Å². The Kier molecular flexibility index (Phi) is 4.39. The molecular formula is C15H19NOS. The van der Waals surface area contributed by atoms with Crippen LogP contribution in [0.5, 0.6) is 5.75 Å². The van der Waals surface area contributed by atoms with Crippen LogP contribution in [0.15, 0.2) is 41.8 Å². The van der Waals surface area contributed by atoms with Gasteiger partial charge in [-0.15, -0.1) is 11.3 Å². The Morgan fingerprint density at radius 2 is 1.83 bits per heavy atom. The van der Waals surface area contributed by atoms with Crippen molar-refractivity contribution in [2.45, 2.75) is 26.0 Å². The van der Waals surface area contributed by atoms with Crippen LogP contribution < -0.4 is 10.1 Å². The molecule has 0 aliphatic rings. The van der Waals surface area contributed by atoms with Crippen LogP contribution in [-0.4, -0.2) is 13.2 Å². The van der Waals surface area contributed by atoms with Gasteiger partial charge in [-0.3, -0.25) is 0 Å². The first-order chi connectivity index (χ1) is 8.70. The van der Waals surface area contributed by atoms with E-state index in [2.05, 4.69) is 35.0 Å². The average Bonchev–Trinajstić information content (AvgIpc) is 2.85. The number of rotatable bonds is 5. The van der Waals surface area contributed by atoms with E-state index >= 15 is 0 Å². The normalized spacial score (nSPS) is 12.7. The largest absolute Gasteiger partial charge is 0.491 e. The minimum Gasteiger partial charge on any atom is -0.491 e. The Bertz CT molecular complexity index is 462. The molecule has 2 nitrogen and oxygen atoms in total. The number of hydrogen-bond donors (Lipinski definition) is 1. The second-order valence-corrected chi connectivity index (χ2v) is 5.45. The first-order valence-corrected chi connectivity index (χ1v) is 7.06. The van der Waals surface area contributed by atoms with Crippen molar-refractivity contribution in [3.05, 3.63) is 52.2 Å². The van der Waals surface area contributed by atoms with Crippen LogP contribution in [0.25, 0.3) is 0 Å². The summed E-state index contributed by atoms with van der Waals surface area (Å²) in [5.41, 5.74) is 1.26. The van der Waals surface area contributed by atoms with Crippen molar-refractivity contribution in [2.75, 3.05) is 7.05 Å². The highest BCUT2D eigenvalue weighted by Crippen LogP contribution is 2.27. The van der Waals surface area contributed by atoms with E-state index in [1.165, 1.54) is 10.4 Å². The van der Waals surface area contributed by atoms with Crippen LogP contribution in [-0.2, 0) is 0 Å². The van der Waals surface area contributed by atoms with Gasteiger partial charge in [0.25, 0.3) is 0 Å². The van der Waals surface area contributed by atoms with Gasteiger partial charge in [0.15, 0.2) is 0 Å². The van der Waals surface area contributed by atoms with Crippen molar-refractivity contribution in [3.8, 4) is 5.75 Å². The molecule has 1 aromatic heterocycles. The number of benzene rings is 1. The summed E-state index contributed by atoms with van der Waals surface area (Å²) in [5, 5.41) is 5.46. The SMILES string of the molecule is CNC(c1ccc(OC(C)C)cc1)c1cccs1. The highest BCUT2D eigenvalue weighted by atomic mass is 32.1. The molecule has 0 saturated heterocycles. The van der Waals surface area contributed by atoms with Crippen molar-refractivity contribution in [1.29, 1.82) is 0 Å². The van der Waals surface area contributed by atoms with Crippen LogP contribution in [0.2, 0.25) is 0 Å². The monoisotopic (exact) mass is 261 g/mol. The third-order valence-corrected chi connectivity index (χ3v) is 3.64. The zero-order valence-electron chi connectivity index (χ0n) is 11.0. The van der Waals surface area contributed by atoms with Gasteiger partial charge in [-0.1, -0.05) is 18.2 Å². The lowest BCUT2D eigenvalue weighted by Gasteiger charge is -2.16. The smallest absolute Gasteiger partial charge is 0.119 e. The molecule has 1 heterocycles. The van der Waals surface area contributed by atoms with Gasteiger partial charge in [-0.25, -0.2) is 0 Å².